The number of benzene rings is 2. The topological polar surface area (TPSA) is 67.3 Å². The van der Waals surface area contributed by atoms with Gasteiger partial charge in [-0.05, 0) is 31.0 Å². The van der Waals surface area contributed by atoms with E-state index in [4.69, 9.17) is 4.74 Å². The van der Waals surface area contributed by atoms with Crippen molar-refractivity contribution in [3.63, 3.8) is 0 Å². The van der Waals surface area contributed by atoms with Gasteiger partial charge in [-0.25, -0.2) is 9.97 Å². The van der Waals surface area contributed by atoms with Gasteiger partial charge in [0.05, 0.1) is 12.7 Å². The zero-order valence-corrected chi connectivity index (χ0v) is 15.7. The second-order valence-corrected chi connectivity index (χ2v) is 6.76. The molecule has 0 radical (unpaired) electrons. The average Bonchev–Trinajstić information content (AvgIpc) is 3.58. The van der Waals surface area contributed by atoms with E-state index in [9.17, 15) is 4.79 Å². The second kappa shape index (κ2) is 8.08. The number of amides is 1. The fraction of sp³-hybridized carbons (Fsp3) is 0.227. The van der Waals surface area contributed by atoms with E-state index in [0.717, 1.165) is 29.8 Å². The van der Waals surface area contributed by atoms with Crippen molar-refractivity contribution in [1.29, 1.82) is 0 Å². The third-order valence-electron chi connectivity index (χ3n) is 4.71. The van der Waals surface area contributed by atoms with Crippen molar-refractivity contribution in [3.8, 4) is 5.75 Å². The molecule has 1 aliphatic carbocycles. The minimum atomic E-state index is -0.0559. The first-order valence-corrected chi connectivity index (χ1v) is 9.31. The number of methoxy groups -OCH3 is 1. The summed E-state index contributed by atoms with van der Waals surface area (Å²) in [5.74, 6) is 1.20. The molecule has 6 nitrogen and oxygen atoms in total. The maximum absolute atomic E-state index is 13.1. The number of hydrogen-bond donors (Lipinski definition) is 1. The molecule has 2 aromatic carbocycles. The van der Waals surface area contributed by atoms with Gasteiger partial charge in [-0.2, -0.15) is 0 Å². The molecule has 0 atom stereocenters. The molecule has 3 aromatic rings. The zero-order valence-electron chi connectivity index (χ0n) is 15.7. The highest BCUT2D eigenvalue weighted by Gasteiger charge is 2.33. The van der Waals surface area contributed by atoms with Gasteiger partial charge in [-0.3, -0.25) is 4.79 Å². The Labute approximate surface area is 164 Å². The first-order valence-electron chi connectivity index (χ1n) is 9.31. The Hall–Kier alpha value is -3.41. The van der Waals surface area contributed by atoms with Gasteiger partial charge in [0.2, 0.25) is 5.95 Å². The van der Waals surface area contributed by atoms with E-state index >= 15 is 0 Å². The van der Waals surface area contributed by atoms with E-state index < -0.39 is 0 Å². The van der Waals surface area contributed by atoms with E-state index in [1.165, 1.54) is 0 Å². The lowest BCUT2D eigenvalue weighted by atomic mass is 10.1. The van der Waals surface area contributed by atoms with Crippen LogP contribution in [0.4, 0.5) is 11.6 Å². The van der Waals surface area contributed by atoms with Crippen LogP contribution in [0.15, 0.2) is 67.0 Å². The minimum Gasteiger partial charge on any atom is -0.496 e. The quantitative estimate of drug-likeness (QED) is 0.676. The number of rotatable bonds is 7. The molecule has 0 spiro atoms. The van der Waals surface area contributed by atoms with Gasteiger partial charge in [0.15, 0.2) is 0 Å². The fourth-order valence-electron chi connectivity index (χ4n) is 3.09. The van der Waals surface area contributed by atoms with Crippen LogP contribution in [0.3, 0.4) is 0 Å². The Morgan fingerprint density at radius 2 is 1.75 bits per heavy atom. The molecule has 1 amide bonds. The summed E-state index contributed by atoms with van der Waals surface area (Å²) in [5.41, 5.74) is 2.38. The maximum atomic E-state index is 13.1. The number of carbonyl (C=O) groups excluding carboxylic acids is 1. The number of hydrogen-bond acceptors (Lipinski definition) is 5. The van der Waals surface area contributed by atoms with E-state index in [-0.39, 0.29) is 11.9 Å². The number of aromatic nitrogens is 2. The van der Waals surface area contributed by atoms with Crippen LogP contribution in [0, 0.1) is 0 Å². The standard InChI is InChI=1S/C22H22N4O2/c1-28-20-10-6-5-7-16(20)15-26(19-11-12-19)21(27)17-13-23-22(24-14-17)25-18-8-3-2-4-9-18/h2-10,13-14,19H,11-12,15H2,1H3,(H,23,24,25). The monoisotopic (exact) mass is 374 g/mol. The van der Waals surface area contributed by atoms with Crippen LogP contribution in [-0.2, 0) is 6.54 Å². The average molecular weight is 374 g/mol. The van der Waals surface area contributed by atoms with Crippen LogP contribution in [0.2, 0.25) is 0 Å². The Balaban J connectivity index is 1.50. The number of carbonyl (C=O) groups is 1. The molecule has 1 N–H and O–H groups in total. The minimum absolute atomic E-state index is 0.0559. The van der Waals surface area contributed by atoms with Gasteiger partial charge in [0, 0.05) is 36.2 Å². The lowest BCUT2D eigenvalue weighted by molar-refractivity contribution is 0.0728. The highest BCUT2D eigenvalue weighted by atomic mass is 16.5. The summed E-state index contributed by atoms with van der Waals surface area (Å²) in [7, 11) is 1.65. The van der Waals surface area contributed by atoms with Gasteiger partial charge in [0.1, 0.15) is 5.75 Å². The summed E-state index contributed by atoms with van der Waals surface area (Å²) in [6, 6.07) is 17.7. The first-order chi connectivity index (χ1) is 13.7. The molecule has 1 fully saturated rings. The molecule has 0 saturated heterocycles. The highest BCUT2D eigenvalue weighted by molar-refractivity contribution is 5.94. The summed E-state index contributed by atoms with van der Waals surface area (Å²) in [5, 5.41) is 3.13. The van der Waals surface area contributed by atoms with Crippen molar-refractivity contribution in [1.82, 2.24) is 14.9 Å². The molecule has 142 valence electrons. The fourth-order valence-corrected chi connectivity index (χ4v) is 3.09. The number of ether oxygens (including phenoxy) is 1. The summed E-state index contributed by atoms with van der Waals surface area (Å²) in [6.45, 7) is 0.511. The lowest BCUT2D eigenvalue weighted by Gasteiger charge is -2.23. The molecule has 1 aromatic heterocycles. The largest absolute Gasteiger partial charge is 0.496 e. The SMILES string of the molecule is COc1ccccc1CN(C(=O)c1cnc(Nc2ccccc2)nc1)C1CC1. The Bertz CT molecular complexity index is 940. The molecule has 28 heavy (non-hydrogen) atoms. The van der Waals surface area contributed by atoms with Crippen LogP contribution in [0.5, 0.6) is 5.75 Å². The molecular formula is C22H22N4O2. The summed E-state index contributed by atoms with van der Waals surface area (Å²) < 4.78 is 5.43. The molecular weight excluding hydrogens is 352 g/mol. The van der Waals surface area contributed by atoms with Crippen LogP contribution in [0.1, 0.15) is 28.8 Å². The third-order valence-corrected chi connectivity index (χ3v) is 4.71. The number of anilines is 2. The predicted octanol–water partition coefficient (Wildman–Crippen LogP) is 4.03. The third kappa shape index (κ3) is 4.11. The van der Waals surface area contributed by atoms with Gasteiger partial charge in [-0.15, -0.1) is 0 Å². The summed E-state index contributed by atoms with van der Waals surface area (Å²) in [4.78, 5) is 23.6. The van der Waals surface area contributed by atoms with E-state index in [1.807, 2.05) is 59.5 Å². The smallest absolute Gasteiger partial charge is 0.257 e. The Kier molecular flexibility index (Phi) is 5.19. The van der Waals surface area contributed by atoms with Gasteiger partial charge >= 0.3 is 0 Å². The predicted molar refractivity (Wildman–Crippen MR) is 108 cm³/mol. The molecule has 4 rings (SSSR count). The molecule has 1 saturated carbocycles. The number of para-hydroxylation sites is 2. The first kappa shape index (κ1) is 18.0. The normalized spacial score (nSPS) is 13.0. The zero-order chi connectivity index (χ0) is 19.3. The summed E-state index contributed by atoms with van der Waals surface area (Å²) >= 11 is 0. The Morgan fingerprint density at radius 3 is 2.43 bits per heavy atom. The molecule has 1 aliphatic rings. The van der Waals surface area contributed by atoms with Crippen LogP contribution in [0.25, 0.3) is 0 Å². The van der Waals surface area contributed by atoms with Crippen molar-refractivity contribution in [2.24, 2.45) is 0 Å². The molecule has 0 aliphatic heterocycles. The maximum Gasteiger partial charge on any atom is 0.257 e. The lowest BCUT2D eigenvalue weighted by Crippen LogP contribution is -2.33. The van der Waals surface area contributed by atoms with E-state index in [1.54, 1.807) is 19.5 Å². The van der Waals surface area contributed by atoms with Crippen molar-refractivity contribution >= 4 is 17.5 Å². The van der Waals surface area contributed by atoms with Gasteiger partial charge in [0.25, 0.3) is 5.91 Å². The van der Waals surface area contributed by atoms with Crippen molar-refractivity contribution in [2.45, 2.75) is 25.4 Å². The van der Waals surface area contributed by atoms with Crippen molar-refractivity contribution < 1.29 is 9.53 Å². The van der Waals surface area contributed by atoms with Crippen molar-refractivity contribution in [3.05, 3.63) is 78.1 Å². The summed E-state index contributed by atoms with van der Waals surface area (Å²) in [6.07, 6.45) is 5.21. The van der Waals surface area contributed by atoms with E-state index in [0.29, 0.717) is 18.1 Å². The van der Waals surface area contributed by atoms with Crippen LogP contribution < -0.4 is 10.1 Å². The van der Waals surface area contributed by atoms with Gasteiger partial charge in [-0.1, -0.05) is 36.4 Å². The molecule has 0 bridgehead atoms. The number of nitrogens with one attached hydrogen (secondary N) is 1. The molecule has 1 heterocycles. The van der Waals surface area contributed by atoms with Crippen molar-refractivity contribution in [2.75, 3.05) is 12.4 Å². The van der Waals surface area contributed by atoms with E-state index in [2.05, 4.69) is 15.3 Å². The Morgan fingerprint density at radius 1 is 1.07 bits per heavy atom. The van der Waals surface area contributed by atoms with Crippen LogP contribution in [-0.4, -0.2) is 33.9 Å². The second-order valence-electron chi connectivity index (χ2n) is 6.76. The molecule has 6 heteroatoms. The molecule has 0 unspecified atom stereocenters. The van der Waals surface area contributed by atoms with Gasteiger partial charge < -0.3 is 15.0 Å². The number of nitrogens with zero attached hydrogens (tertiary/aromatic N) is 3. The highest BCUT2D eigenvalue weighted by Crippen LogP contribution is 2.31. The van der Waals surface area contributed by atoms with Crippen LogP contribution >= 0.6 is 0 Å².